The first kappa shape index (κ1) is 19.7. The van der Waals surface area contributed by atoms with Crippen molar-refractivity contribution in [1.82, 2.24) is 14.8 Å². The van der Waals surface area contributed by atoms with Crippen molar-refractivity contribution in [1.29, 1.82) is 0 Å². The summed E-state index contributed by atoms with van der Waals surface area (Å²) in [7, 11) is 3.99. The number of nitrogens with one attached hydrogen (secondary N) is 1. The summed E-state index contributed by atoms with van der Waals surface area (Å²) in [6, 6.07) is 9.43. The molecule has 2 amide bonds. The highest BCUT2D eigenvalue weighted by atomic mass is 16.5. The maximum absolute atomic E-state index is 12.8. The number of aryl methyl sites for hydroxylation is 1. The Morgan fingerprint density at radius 2 is 2.04 bits per heavy atom. The van der Waals surface area contributed by atoms with Gasteiger partial charge in [-0.05, 0) is 63.3 Å². The number of likely N-dealkylation sites (N-methyl/N-ethyl adjacent to an activating group) is 1. The average Bonchev–Trinajstić information content (AvgIpc) is 2.61. The van der Waals surface area contributed by atoms with Crippen LogP contribution in [0.25, 0.3) is 0 Å². The molecule has 2 aromatic rings. The van der Waals surface area contributed by atoms with E-state index in [0.717, 1.165) is 29.1 Å². The minimum Gasteiger partial charge on any atom is -0.494 e. The van der Waals surface area contributed by atoms with E-state index in [9.17, 15) is 4.79 Å². The lowest BCUT2D eigenvalue weighted by molar-refractivity contribution is 0.202. The molecule has 0 saturated heterocycles. The topological polar surface area (TPSA) is 57.7 Å². The molecule has 6 heteroatoms. The second-order valence-electron chi connectivity index (χ2n) is 6.43. The van der Waals surface area contributed by atoms with E-state index in [1.807, 2.05) is 58.3 Å². The molecule has 6 nitrogen and oxygen atoms in total. The molecule has 0 radical (unpaired) electrons. The van der Waals surface area contributed by atoms with E-state index in [-0.39, 0.29) is 6.03 Å². The van der Waals surface area contributed by atoms with Gasteiger partial charge in [0, 0.05) is 37.7 Å². The predicted octanol–water partition coefficient (Wildman–Crippen LogP) is 3.38. The van der Waals surface area contributed by atoms with Gasteiger partial charge in [0.15, 0.2) is 0 Å². The number of nitrogens with zero attached hydrogens (tertiary/aromatic N) is 3. The van der Waals surface area contributed by atoms with Crippen molar-refractivity contribution in [3.63, 3.8) is 0 Å². The second-order valence-corrected chi connectivity index (χ2v) is 6.43. The molecule has 0 aliphatic carbocycles. The number of aromatic nitrogens is 1. The summed E-state index contributed by atoms with van der Waals surface area (Å²) >= 11 is 0. The van der Waals surface area contributed by atoms with Crippen LogP contribution in [0.2, 0.25) is 0 Å². The largest absolute Gasteiger partial charge is 0.494 e. The lowest BCUT2D eigenvalue weighted by Crippen LogP contribution is -2.39. The van der Waals surface area contributed by atoms with Crippen molar-refractivity contribution < 1.29 is 9.53 Å². The van der Waals surface area contributed by atoms with Crippen molar-refractivity contribution in [2.24, 2.45) is 0 Å². The van der Waals surface area contributed by atoms with E-state index >= 15 is 0 Å². The number of amides is 2. The van der Waals surface area contributed by atoms with Crippen molar-refractivity contribution in [3.8, 4) is 5.75 Å². The lowest BCUT2D eigenvalue weighted by atomic mass is 10.2. The molecular formula is C20H28N4O2. The highest BCUT2D eigenvalue weighted by Crippen LogP contribution is 2.22. The van der Waals surface area contributed by atoms with Gasteiger partial charge in [0.25, 0.3) is 0 Å². The maximum atomic E-state index is 12.8. The van der Waals surface area contributed by atoms with E-state index in [1.54, 1.807) is 17.3 Å². The fourth-order valence-electron chi connectivity index (χ4n) is 2.51. The first-order chi connectivity index (χ1) is 12.5. The van der Waals surface area contributed by atoms with Crippen LogP contribution < -0.4 is 10.1 Å². The highest BCUT2D eigenvalue weighted by molar-refractivity contribution is 5.90. The van der Waals surface area contributed by atoms with E-state index < -0.39 is 0 Å². The fourth-order valence-corrected chi connectivity index (χ4v) is 2.51. The number of carbonyl (C=O) groups excluding carboxylic acids is 1. The summed E-state index contributed by atoms with van der Waals surface area (Å²) in [6.45, 7) is 6.47. The number of carbonyl (C=O) groups is 1. The van der Waals surface area contributed by atoms with Gasteiger partial charge in [-0.15, -0.1) is 0 Å². The van der Waals surface area contributed by atoms with Crippen molar-refractivity contribution in [2.45, 2.75) is 20.4 Å². The van der Waals surface area contributed by atoms with Crippen LogP contribution in [-0.2, 0) is 6.54 Å². The molecule has 2 rings (SSSR count). The lowest BCUT2D eigenvalue weighted by Gasteiger charge is -2.25. The Balaban J connectivity index is 2.09. The Kier molecular flexibility index (Phi) is 7.41. The Bertz CT molecular complexity index is 704. The van der Waals surface area contributed by atoms with Gasteiger partial charge in [0.2, 0.25) is 0 Å². The average molecular weight is 356 g/mol. The summed E-state index contributed by atoms with van der Waals surface area (Å²) in [5, 5.41) is 3.02. The van der Waals surface area contributed by atoms with Crippen LogP contribution in [-0.4, -0.2) is 54.6 Å². The van der Waals surface area contributed by atoms with Gasteiger partial charge in [-0.25, -0.2) is 4.79 Å². The molecule has 0 spiro atoms. The molecular weight excluding hydrogens is 328 g/mol. The van der Waals surface area contributed by atoms with Crippen LogP contribution in [0.4, 0.5) is 10.5 Å². The van der Waals surface area contributed by atoms with Gasteiger partial charge in [-0.2, -0.15) is 0 Å². The third-order valence-electron chi connectivity index (χ3n) is 3.95. The Labute approximate surface area is 155 Å². The fraction of sp³-hybridized carbons (Fsp3) is 0.400. The number of hydrogen-bond donors (Lipinski definition) is 1. The Hall–Kier alpha value is -2.60. The van der Waals surface area contributed by atoms with Crippen LogP contribution >= 0.6 is 0 Å². The molecule has 0 aliphatic rings. The maximum Gasteiger partial charge on any atom is 0.322 e. The van der Waals surface area contributed by atoms with Crippen LogP contribution in [0.15, 0.2) is 42.7 Å². The highest BCUT2D eigenvalue weighted by Gasteiger charge is 2.15. The smallest absolute Gasteiger partial charge is 0.322 e. The molecule has 140 valence electrons. The zero-order chi connectivity index (χ0) is 18.9. The van der Waals surface area contributed by atoms with Crippen molar-refractivity contribution in [2.75, 3.05) is 39.1 Å². The molecule has 1 aromatic heterocycles. The van der Waals surface area contributed by atoms with Gasteiger partial charge in [-0.3, -0.25) is 4.98 Å². The zero-order valence-electron chi connectivity index (χ0n) is 16.0. The van der Waals surface area contributed by atoms with E-state index in [4.69, 9.17) is 4.74 Å². The molecule has 0 atom stereocenters. The number of ether oxygens (including phenoxy) is 1. The first-order valence-electron chi connectivity index (χ1n) is 8.82. The third kappa shape index (κ3) is 6.04. The normalized spacial score (nSPS) is 10.7. The summed E-state index contributed by atoms with van der Waals surface area (Å²) in [5.74, 6) is 0.808. The predicted molar refractivity (Wildman–Crippen MR) is 105 cm³/mol. The van der Waals surface area contributed by atoms with Crippen LogP contribution in [0, 0.1) is 6.92 Å². The minimum absolute atomic E-state index is 0.122. The van der Waals surface area contributed by atoms with Gasteiger partial charge < -0.3 is 19.9 Å². The van der Waals surface area contributed by atoms with Gasteiger partial charge in [0.05, 0.1) is 6.61 Å². The molecule has 0 unspecified atom stereocenters. The first-order valence-corrected chi connectivity index (χ1v) is 8.82. The monoisotopic (exact) mass is 356 g/mol. The zero-order valence-corrected chi connectivity index (χ0v) is 16.0. The molecule has 0 saturated carbocycles. The molecule has 26 heavy (non-hydrogen) atoms. The molecule has 1 heterocycles. The van der Waals surface area contributed by atoms with E-state index in [2.05, 4.69) is 15.2 Å². The molecule has 0 fully saturated rings. The number of hydrogen-bond acceptors (Lipinski definition) is 4. The molecule has 0 bridgehead atoms. The molecule has 0 aliphatic heterocycles. The van der Waals surface area contributed by atoms with Crippen LogP contribution in [0.3, 0.4) is 0 Å². The number of rotatable bonds is 8. The summed E-state index contributed by atoms with van der Waals surface area (Å²) in [6.07, 6.45) is 3.52. The summed E-state index contributed by atoms with van der Waals surface area (Å²) in [5.41, 5.74) is 2.77. The van der Waals surface area contributed by atoms with Gasteiger partial charge in [0.1, 0.15) is 5.75 Å². The number of urea groups is 1. The summed E-state index contributed by atoms with van der Waals surface area (Å²) in [4.78, 5) is 20.8. The number of benzene rings is 1. The van der Waals surface area contributed by atoms with Crippen LogP contribution in [0.1, 0.15) is 18.1 Å². The van der Waals surface area contributed by atoms with Crippen LogP contribution in [0.5, 0.6) is 5.75 Å². The Morgan fingerprint density at radius 3 is 2.65 bits per heavy atom. The third-order valence-corrected chi connectivity index (χ3v) is 3.95. The van der Waals surface area contributed by atoms with Crippen molar-refractivity contribution >= 4 is 11.7 Å². The van der Waals surface area contributed by atoms with E-state index in [1.165, 1.54) is 0 Å². The molecule has 1 aromatic carbocycles. The number of anilines is 1. The second kappa shape index (κ2) is 9.77. The minimum atomic E-state index is -0.122. The quantitative estimate of drug-likeness (QED) is 0.788. The SMILES string of the molecule is CCOc1ccc(NC(=O)N(CCN(C)C)Cc2cccnc2)c(C)c1. The van der Waals surface area contributed by atoms with Gasteiger partial charge >= 0.3 is 6.03 Å². The van der Waals surface area contributed by atoms with Gasteiger partial charge in [-0.1, -0.05) is 6.07 Å². The molecule has 1 N–H and O–H groups in total. The number of pyridine rings is 1. The van der Waals surface area contributed by atoms with Crippen molar-refractivity contribution in [3.05, 3.63) is 53.9 Å². The Morgan fingerprint density at radius 1 is 1.23 bits per heavy atom. The standard InChI is InChI=1S/C20H28N4O2/c1-5-26-18-8-9-19(16(2)13-18)22-20(25)24(12-11-23(3)4)15-17-7-6-10-21-14-17/h6-10,13-14H,5,11-12,15H2,1-4H3,(H,22,25). The van der Waals surface area contributed by atoms with E-state index in [0.29, 0.717) is 19.7 Å². The summed E-state index contributed by atoms with van der Waals surface area (Å²) < 4.78 is 5.50.